The zero-order chi connectivity index (χ0) is 29.2. The van der Waals surface area contributed by atoms with Crippen molar-refractivity contribution in [2.45, 2.75) is 38.8 Å². The van der Waals surface area contributed by atoms with E-state index < -0.39 is 29.0 Å². The first kappa shape index (κ1) is 30.6. The molecule has 1 amide bonds. The van der Waals surface area contributed by atoms with Crippen LogP contribution in [0.25, 0.3) is 0 Å². The van der Waals surface area contributed by atoms with Crippen LogP contribution in [0.15, 0.2) is 42.7 Å². The van der Waals surface area contributed by atoms with Crippen molar-refractivity contribution in [3.05, 3.63) is 70.4 Å². The summed E-state index contributed by atoms with van der Waals surface area (Å²) in [7, 11) is 1.98. The first-order chi connectivity index (χ1) is 19.0. The number of anilines is 2. The van der Waals surface area contributed by atoms with E-state index >= 15 is 0 Å². The van der Waals surface area contributed by atoms with Crippen molar-refractivity contribution >= 4 is 39.9 Å². The summed E-state index contributed by atoms with van der Waals surface area (Å²) >= 11 is 0.972. The van der Waals surface area contributed by atoms with Crippen LogP contribution in [0.5, 0.6) is 0 Å². The molecule has 0 saturated carbocycles. The van der Waals surface area contributed by atoms with Gasteiger partial charge in [0.1, 0.15) is 22.3 Å². The van der Waals surface area contributed by atoms with E-state index in [4.69, 9.17) is 15.6 Å². The van der Waals surface area contributed by atoms with E-state index in [1.165, 1.54) is 6.07 Å². The molecule has 1 aliphatic heterocycles. The lowest BCUT2D eigenvalue weighted by atomic mass is 10.0. The number of nitrogens with zero attached hydrogens (tertiary/aromatic N) is 4. The van der Waals surface area contributed by atoms with E-state index in [0.717, 1.165) is 42.5 Å². The van der Waals surface area contributed by atoms with Crippen LogP contribution in [-0.4, -0.2) is 75.3 Å². The van der Waals surface area contributed by atoms with E-state index in [2.05, 4.69) is 20.2 Å². The summed E-state index contributed by atoms with van der Waals surface area (Å²) < 4.78 is 28.1. The van der Waals surface area contributed by atoms with Crippen LogP contribution in [0.2, 0.25) is 0 Å². The normalized spacial score (nSPS) is 13.5. The molecule has 0 atom stereocenters. The lowest BCUT2D eigenvalue weighted by molar-refractivity contribution is -0.134. The predicted molar refractivity (Wildman–Crippen MR) is 148 cm³/mol. The predicted octanol–water partition coefficient (Wildman–Crippen LogP) is 3.65. The number of benzene rings is 1. The zero-order valence-electron chi connectivity index (χ0n) is 22.3. The van der Waals surface area contributed by atoms with Gasteiger partial charge < -0.3 is 26.0 Å². The number of hydrogen-bond acceptors (Lipinski definition) is 9. The fraction of sp³-hybridized carbons (Fsp3) is 0.370. The van der Waals surface area contributed by atoms with Crippen molar-refractivity contribution in [3.63, 3.8) is 0 Å². The van der Waals surface area contributed by atoms with Gasteiger partial charge in [-0.2, -0.15) is 0 Å². The fourth-order valence-corrected chi connectivity index (χ4v) is 5.07. The highest BCUT2D eigenvalue weighted by Gasteiger charge is 2.27. The summed E-state index contributed by atoms with van der Waals surface area (Å²) in [6, 6.07) is 7.20. The summed E-state index contributed by atoms with van der Waals surface area (Å²) in [5.74, 6) is -3.50. The number of carbonyl (C=O) groups excluding carboxylic acids is 2. The minimum Gasteiger partial charge on any atom is -0.481 e. The van der Waals surface area contributed by atoms with E-state index in [1.54, 1.807) is 6.20 Å². The Morgan fingerprint density at radius 1 is 1.18 bits per heavy atom. The Morgan fingerprint density at radius 3 is 2.42 bits per heavy atom. The molecule has 10 nitrogen and oxygen atoms in total. The number of carboxylic acids is 1. The smallest absolute Gasteiger partial charge is 0.300 e. The van der Waals surface area contributed by atoms with Crippen LogP contribution >= 0.6 is 11.3 Å². The Labute approximate surface area is 234 Å². The highest BCUT2D eigenvalue weighted by atomic mass is 32.1. The van der Waals surface area contributed by atoms with Crippen LogP contribution in [0.3, 0.4) is 0 Å². The molecule has 3 aromatic rings. The molecule has 1 fully saturated rings. The number of halogens is 2. The highest BCUT2D eigenvalue weighted by molar-refractivity contribution is 7.18. The zero-order valence-corrected chi connectivity index (χ0v) is 23.1. The number of nitrogens with one attached hydrogen (secondary N) is 1. The Morgan fingerprint density at radius 2 is 1.82 bits per heavy atom. The number of piperidine rings is 1. The van der Waals surface area contributed by atoms with Crippen LogP contribution in [0.4, 0.5) is 19.7 Å². The van der Waals surface area contributed by atoms with Gasteiger partial charge in [0.25, 0.3) is 5.97 Å². The number of carbonyl (C=O) groups is 3. The summed E-state index contributed by atoms with van der Waals surface area (Å²) in [5, 5.41) is 11.1. The maximum atomic E-state index is 14.0. The number of likely N-dealkylation sites (tertiary alicyclic amines) is 1. The number of nitrogens with two attached hydrogens (primary N) is 1. The monoisotopic (exact) mass is 574 g/mol. The second kappa shape index (κ2) is 14.4. The molecule has 3 heterocycles. The number of amides is 1. The number of aromatic nitrogens is 2. The Kier molecular flexibility index (Phi) is 11.0. The molecule has 214 valence electrons. The number of thiazole rings is 1. The van der Waals surface area contributed by atoms with E-state index in [-0.39, 0.29) is 22.6 Å². The summed E-state index contributed by atoms with van der Waals surface area (Å²) in [6.07, 6.45) is 5.42. The topological polar surface area (TPSA) is 142 Å². The molecule has 40 heavy (non-hydrogen) atoms. The van der Waals surface area contributed by atoms with E-state index in [9.17, 15) is 18.4 Å². The number of nitrogen functional groups attached to an aromatic ring is 1. The largest absolute Gasteiger partial charge is 0.481 e. The first-order valence-corrected chi connectivity index (χ1v) is 13.4. The summed E-state index contributed by atoms with van der Waals surface area (Å²) in [5.41, 5.74) is 6.35. The van der Waals surface area contributed by atoms with Gasteiger partial charge in [-0.15, -0.1) is 0 Å². The fourth-order valence-electron chi connectivity index (χ4n) is 4.16. The lowest BCUT2D eigenvalue weighted by Crippen LogP contribution is -2.43. The van der Waals surface area contributed by atoms with Gasteiger partial charge >= 0.3 is 0 Å². The second-order valence-electron chi connectivity index (χ2n) is 9.33. The van der Waals surface area contributed by atoms with Gasteiger partial charge in [0.15, 0.2) is 5.13 Å². The Bertz CT molecular complexity index is 1290. The van der Waals surface area contributed by atoms with Gasteiger partial charge in [-0.1, -0.05) is 23.5 Å². The van der Waals surface area contributed by atoms with Gasteiger partial charge in [0, 0.05) is 58.0 Å². The van der Waals surface area contributed by atoms with Gasteiger partial charge in [0.2, 0.25) is 11.7 Å². The molecule has 13 heteroatoms. The SMILES string of the molecule is CC(=O)O.CN(CCC(=O)N1CCC(Nc2nc(N)c(C(=O)c3c(F)cccc3F)s2)CC1)Cc1cccnc1. The Balaban J connectivity index is 0.00000103. The molecule has 0 spiro atoms. The maximum absolute atomic E-state index is 14.0. The Hall–Kier alpha value is -3.97. The molecule has 4 rings (SSSR count). The average Bonchev–Trinajstić information content (AvgIpc) is 3.27. The van der Waals surface area contributed by atoms with Crippen molar-refractivity contribution in [2.75, 3.05) is 37.7 Å². The van der Waals surface area contributed by atoms with Gasteiger partial charge in [0.05, 0.1) is 5.56 Å². The van der Waals surface area contributed by atoms with Crippen LogP contribution in [0, 0.1) is 11.6 Å². The van der Waals surface area contributed by atoms with Crippen molar-refractivity contribution in [1.29, 1.82) is 0 Å². The molecule has 4 N–H and O–H groups in total. The molecule has 1 saturated heterocycles. The first-order valence-electron chi connectivity index (χ1n) is 12.6. The third kappa shape index (κ3) is 8.78. The third-order valence-corrected chi connectivity index (χ3v) is 7.11. The molecule has 0 radical (unpaired) electrons. The molecule has 0 bridgehead atoms. The van der Waals surface area contributed by atoms with E-state index in [0.29, 0.717) is 44.0 Å². The maximum Gasteiger partial charge on any atom is 0.300 e. The van der Waals surface area contributed by atoms with Crippen LogP contribution in [-0.2, 0) is 16.1 Å². The van der Waals surface area contributed by atoms with Gasteiger partial charge in [-0.05, 0) is 43.7 Å². The molecule has 1 aromatic carbocycles. The minimum atomic E-state index is -0.942. The number of pyridine rings is 1. The minimum absolute atomic E-state index is 0.00971. The van der Waals surface area contributed by atoms with Crippen molar-refractivity contribution < 1.29 is 28.3 Å². The van der Waals surface area contributed by atoms with Crippen LogP contribution < -0.4 is 11.1 Å². The molecular formula is C27H32F2N6O4S. The third-order valence-electron chi connectivity index (χ3n) is 6.11. The molecule has 0 aliphatic carbocycles. The second-order valence-corrected chi connectivity index (χ2v) is 10.3. The number of carboxylic acid groups (broad SMARTS) is 1. The molecule has 1 aliphatic rings. The van der Waals surface area contributed by atoms with Crippen LogP contribution in [0.1, 0.15) is 47.0 Å². The molecule has 2 aromatic heterocycles. The van der Waals surface area contributed by atoms with Gasteiger partial charge in [-0.3, -0.25) is 19.4 Å². The van der Waals surface area contributed by atoms with Crippen molar-refractivity contribution in [3.8, 4) is 0 Å². The molecular weight excluding hydrogens is 542 g/mol. The quantitative estimate of drug-likeness (QED) is 0.327. The lowest BCUT2D eigenvalue weighted by Gasteiger charge is -2.32. The highest BCUT2D eigenvalue weighted by Crippen LogP contribution is 2.30. The van der Waals surface area contributed by atoms with Gasteiger partial charge in [-0.25, -0.2) is 13.8 Å². The standard InChI is InChI=1S/C25H28F2N6O2S.C2H4O2/c1-32(15-16-4-3-10-29-14-16)11-9-20(34)33-12-7-17(8-13-33)30-25-31-24(28)23(36-25)22(35)21-18(26)5-2-6-19(21)27;1-2(3)4/h2-6,10,14,17H,7-9,11-13,15,28H2,1H3,(H,30,31);1H3,(H,3,4). The average molecular weight is 575 g/mol. The number of aliphatic carboxylic acids is 1. The van der Waals surface area contributed by atoms with Crippen molar-refractivity contribution in [1.82, 2.24) is 19.8 Å². The number of rotatable bonds is 9. The van der Waals surface area contributed by atoms with Crippen molar-refractivity contribution in [2.24, 2.45) is 0 Å². The number of hydrogen-bond donors (Lipinski definition) is 3. The molecule has 0 unspecified atom stereocenters. The summed E-state index contributed by atoms with van der Waals surface area (Å²) in [4.78, 5) is 46.6. The summed E-state index contributed by atoms with van der Waals surface area (Å²) in [6.45, 7) is 3.69. The van der Waals surface area contributed by atoms with E-state index in [1.807, 2.05) is 30.3 Å². The number of ketones is 1.